The van der Waals surface area contributed by atoms with E-state index in [4.69, 9.17) is 5.73 Å². The molecule has 2 rings (SSSR count). The van der Waals surface area contributed by atoms with Crippen LogP contribution in [-0.2, 0) is 11.3 Å². The second kappa shape index (κ2) is 8.46. The summed E-state index contributed by atoms with van der Waals surface area (Å²) in [6, 6.07) is 10.2. The number of rotatable bonds is 7. The van der Waals surface area contributed by atoms with Gasteiger partial charge in [0.15, 0.2) is 0 Å². The van der Waals surface area contributed by atoms with Gasteiger partial charge in [0.1, 0.15) is 0 Å². The number of benzene rings is 1. The highest BCUT2D eigenvalue weighted by Gasteiger charge is 2.28. The third-order valence-corrected chi connectivity index (χ3v) is 4.79. The van der Waals surface area contributed by atoms with E-state index in [9.17, 15) is 4.79 Å². The standard InChI is InChI=1S/C19H31N3O/c1-4-22(19(23)18(20)15(2)3)14-17-10-11-21(13-17)12-16-8-6-5-7-9-16/h5-9,15,17-18H,4,10-14,20H2,1-3H3/t17?,18-/m0/s1. The number of nitrogens with two attached hydrogens (primary N) is 1. The zero-order valence-corrected chi connectivity index (χ0v) is 14.7. The molecule has 1 amide bonds. The van der Waals surface area contributed by atoms with Gasteiger partial charge in [0.25, 0.3) is 0 Å². The van der Waals surface area contributed by atoms with Crippen LogP contribution in [0.2, 0.25) is 0 Å². The lowest BCUT2D eigenvalue weighted by atomic mass is 10.0. The Balaban J connectivity index is 1.85. The molecule has 2 N–H and O–H groups in total. The summed E-state index contributed by atoms with van der Waals surface area (Å²) in [5.41, 5.74) is 7.40. The van der Waals surface area contributed by atoms with Gasteiger partial charge in [0.05, 0.1) is 6.04 Å². The zero-order valence-electron chi connectivity index (χ0n) is 14.7. The van der Waals surface area contributed by atoms with E-state index < -0.39 is 0 Å². The van der Waals surface area contributed by atoms with Gasteiger partial charge in [-0.15, -0.1) is 0 Å². The lowest BCUT2D eigenvalue weighted by Gasteiger charge is -2.28. The second-order valence-corrected chi connectivity index (χ2v) is 7.02. The van der Waals surface area contributed by atoms with Gasteiger partial charge in [-0.05, 0) is 37.3 Å². The van der Waals surface area contributed by atoms with E-state index in [1.807, 2.05) is 25.7 Å². The molecule has 1 heterocycles. The van der Waals surface area contributed by atoms with Crippen LogP contribution >= 0.6 is 0 Å². The highest BCUT2D eigenvalue weighted by Crippen LogP contribution is 2.20. The van der Waals surface area contributed by atoms with Crippen molar-refractivity contribution in [2.75, 3.05) is 26.2 Å². The van der Waals surface area contributed by atoms with Gasteiger partial charge in [-0.25, -0.2) is 0 Å². The normalized spacial score (nSPS) is 20.0. The van der Waals surface area contributed by atoms with Crippen molar-refractivity contribution in [1.29, 1.82) is 0 Å². The number of hydrogen-bond donors (Lipinski definition) is 1. The number of amides is 1. The van der Waals surface area contributed by atoms with Crippen molar-refractivity contribution in [1.82, 2.24) is 9.80 Å². The fourth-order valence-corrected chi connectivity index (χ4v) is 3.23. The zero-order chi connectivity index (χ0) is 16.8. The molecule has 1 saturated heterocycles. The number of carbonyl (C=O) groups excluding carboxylic acids is 1. The number of likely N-dealkylation sites (N-methyl/N-ethyl adjacent to an activating group) is 1. The van der Waals surface area contributed by atoms with E-state index in [0.717, 1.165) is 39.1 Å². The van der Waals surface area contributed by atoms with Crippen molar-refractivity contribution in [3.63, 3.8) is 0 Å². The molecule has 1 aromatic carbocycles. The monoisotopic (exact) mass is 317 g/mol. The molecule has 0 bridgehead atoms. The van der Waals surface area contributed by atoms with E-state index >= 15 is 0 Å². The Morgan fingerprint density at radius 3 is 2.65 bits per heavy atom. The first-order chi connectivity index (χ1) is 11.0. The molecule has 0 radical (unpaired) electrons. The van der Waals surface area contributed by atoms with Gasteiger partial charge in [-0.1, -0.05) is 44.2 Å². The summed E-state index contributed by atoms with van der Waals surface area (Å²) in [6.45, 7) is 10.8. The van der Waals surface area contributed by atoms with Crippen molar-refractivity contribution in [3.05, 3.63) is 35.9 Å². The number of carbonyl (C=O) groups is 1. The van der Waals surface area contributed by atoms with Gasteiger partial charge in [0, 0.05) is 26.2 Å². The van der Waals surface area contributed by atoms with E-state index in [1.54, 1.807) is 0 Å². The summed E-state index contributed by atoms with van der Waals surface area (Å²) in [6.07, 6.45) is 1.16. The van der Waals surface area contributed by atoms with Crippen LogP contribution in [0.4, 0.5) is 0 Å². The first-order valence-corrected chi connectivity index (χ1v) is 8.82. The molecule has 128 valence electrons. The van der Waals surface area contributed by atoms with Crippen LogP contribution in [0.3, 0.4) is 0 Å². The molecule has 4 nitrogen and oxygen atoms in total. The van der Waals surface area contributed by atoms with Crippen LogP contribution in [0.25, 0.3) is 0 Å². The van der Waals surface area contributed by atoms with Crippen molar-refractivity contribution in [3.8, 4) is 0 Å². The van der Waals surface area contributed by atoms with Crippen LogP contribution in [0.1, 0.15) is 32.8 Å². The first kappa shape index (κ1) is 18.0. The van der Waals surface area contributed by atoms with Crippen LogP contribution in [0, 0.1) is 11.8 Å². The molecule has 0 aromatic heterocycles. The maximum atomic E-state index is 12.5. The van der Waals surface area contributed by atoms with E-state index in [2.05, 4.69) is 35.2 Å². The minimum atomic E-state index is -0.378. The first-order valence-electron chi connectivity index (χ1n) is 8.82. The molecule has 1 fully saturated rings. The summed E-state index contributed by atoms with van der Waals surface area (Å²) in [7, 11) is 0. The topological polar surface area (TPSA) is 49.6 Å². The fraction of sp³-hybridized carbons (Fsp3) is 0.632. The maximum absolute atomic E-state index is 12.5. The van der Waals surface area contributed by atoms with Crippen LogP contribution < -0.4 is 5.73 Å². The second-order valence-electron chi connectivity index (χ2n) is 7.02. The van der Waals surface area contributed by atoms with Crippen LogP contribution in [-0.4, -0.2) is 47.9 Å². The molecule has 0 aliphatic carbocycles. The van der Waals surface area contributed by atoms with Crippen molar-refractivity contribution in [2.45, 2.75) is 39.8 Å². The Morgan fingerprint density at radius 2 is 2.04 bits per heavy atom. The molecule has 2 atom stereocenters. The van der Waals surface area contributed by atoms with Gasteiger partial charge >= 0.3 is 0 Å². The molecule has 1 aromatic rings. The van der Waals surface area contributed by atoms with Gasteiger partial charge in [-0.2, -0.15) is 0 Å². The summed E-state index contributed by atoms with van der Waals surface area (Å²) in [5.74, 6) is 0.848. The molecule has 23 heavy (non-hydrogen) atoms. The molecule has 0 saturated carbocycles. The Labute approximate surface area is 140 Å². The van der Waals surface area contributed by atoms with Gasteiger partial charge in [0.2, 0.25) is 5.91 Å². The number of nitrogens with zero attached hydrogens (tertiary/aromatic N) is 2. The molecule has 1 unspecified atom stereocenters. The molecule has 0 spiro atoms. The SMILES string of the molecule is CCN(CC1CCN(Cc2ccccc2)C1)C(=O)[C@@H](N)C(C)C. The average Bonchev–Trinajstić information content (AvgIpc) is 2.99. The molecular formula is C19H31N3O. The van der Waals surface area contributed by atoms with Crippen LogP contribution in [0.5, 0.6) is 0 Å². The average molecular weight is 317 g/mol. The van der Waals surface area contributed by atoms with Crippen LogP contribution in [0.15, 0.2) is 30.3 Å². The third-order valence-electron chi connectivity index (χ3n) is 4.79. The summed E-state index contributed by atoms with van der Waals surface area (Å²) in [5, 5.41) is 0. The summed E-state index contributed by atoms with van der Waals surface area (Å²) < 4.78 is 0. The third kappa shape index (κ3) is 5.05. The maximum Gasteiger partial charge on any atom is 0.239 e. The largest absolute Gasteiger partial charge is 0.341 e. The Hall–Kier alpha value is -1.39. The Kier molecular flexibility index (Phi) is 6.60. The molecular weight excluding hydrogens is 286 g/mol. The van der Waals surface area contributed by atoms with Crippen molar-refractivity contribution in [2.24, 2.45) is 17.6 Å². The minimum absolute atomic E-state index is 0.101. The quantitative estimate of drug-likeness (QED) is 0.840. The summed E-state index contributed by atoms with van der Waals surface area (Å²) >= 11 is 0. The lowest BCUT2D eigenvalue weighted by molar-refractivity contribution is -0.134. The van der Waals surface area contributed by atoms with Crippen molar-refractivity contribution >= 4 is 5.91 Å². The number of hydrogen-bond acceptors (Lipinski definition) is 3. The molecule has 4 heteroatoms. The fourth-order valence-electron chi connectivity index (χ4n) is 3.23. The van der Waals surface area contributed by atoms with E-state index in [-0.39, 0.29) is 17.9 Å². The molecule has 1 aliphatic rings. The smallest absolute Gasteiger partial charge is 0.239 e. The van der Waals surface area contributed by atoms with Gasteiger partial charge < -0.3 is 10.6 Å². The minimum Gasteiger partial charge on any atom is -0.341 e. The highest BCUT2D eigenvalue weighted by atomic mass is 16.2. The lowest BCUT2D eigenvalue weighted by Crippen LogP contribution is -2.48. The predicted octanol–water partition coefficient (Wildman–Crippen LogP) is 2.34. The summed E-state index contributed by atoms with van der Waals surface area (Å²) in [4.78, 5) is 16.9. The van der Waals surface area contributed by atoms with Gasteiger partial charge in [-0.3, -0.25) is 9.69 Å². The number of likely N-dealkylation sites (tertiary alicyclic amines) is 1. The van der Waals surface area contributed by atoms with Crippen molar-refractivity contribution < 1.29 is 4.79 Å². The Bertz CT molecular complexity index is 489. The Morgan fingerprint density at radius 1 is 1.35 bits per heavy atom. The van der Waals surface area contributed by atoms with E-state index in [1.165, 1.54) is 5.56 Å². The highest BCUT2D eigenvalue weighted by molar-refractivity contribution is 5.81. The molecule has 1 aliphatic heterocycles. The predicted molar refractivity (Wildman–Crippen MR) is 94.9 cm³/mol. The van der Waals surface area contributed by atoms with E-state index in [0.29, 0.717) is 5.92 Å².